The SMILES string of the molecule is C[Si](C)(C)/C=C1/CCOC1=O. The normalized spacial score (nSPS) is 22.5. The third-order valence-corrected chi connectivity index (χ3v) is 2.69. The number of carbonyl (C=O) groups excluding carboxylic acids is 1. The molecular weight excluding hydrogens is 156 g/mol. The summed E-state index contributed by atoms with van der Waals surface area (Å²) >= 11 is 0. The first-order valence-electron chi connectivity index (χ1n) is 3.88. The fourth-order valence-electron chi connectivity index (χ4n) is 1.10. The number of esters is 1. The highest BCUT2D eigenvalue weighted by molar-refractivity contribution is 6.81. The molecule has 1 heterocycles. The lowest BCUT2D eigenvalue weighted by molar-refractivity contribution is -0.135. The van der Waals surface area contributed by atoms with E-state index in [0.29, 0.717) is 6.61 Å². The van der Waals surface area contributed by atoms with Crippen LogP contribution in [0.5, 0.6) is 0 Å². The Morgan fingerprint density at radius 2 is 2.09 bits per heavy atom. The molecule has 1 rings (SSSR count). The van der Waals surface area contributed by atoms with Gasteiger partial charge < -0.3 is 4.74 Å². The molecule has 0 unspecified atom stereocenters. The first kappa shape index (κ1) is 8.52. The van der Waals surface area contributed by atoms with Crippen LogP contribution in [-0.4, -0.2) is 20.7 Å². The van der Waals surface area contributed by atoms with E-state index in [0.717, 1.165) is 12.0 Å². The van der Waals surface area contributed by atoms with E-state index in [1.54, 1.807) is 0 Å². The topological polar surface area (TPSA) is 26.3 Å². The van der Waals surface area contributed by atoms with Crippen LogP contribution >= 0.6 is 0 Å². The molecule has 0 aromatic rings. The molecule has 0 amide bonds. The van der Waals surface area contributed by atoms with Crippen molar-refractivity contribution >= 4 is 14.0 Å². The van der Waals surface area contributed by atoms with Gasteiger partial charge in [-0.1, -0.05) is 25.3 Å². The van der Waals surface area contributed by atoms with E-state index in [2.05, 4.69) is 25.3 Å². The molecule has 0 aromatic heterocycles. The van der Waals surface area contributed by atoms with E-state index in [-0.39, 0.29) is 5.97 Å². The number of ether oxygens (including phenoxy) is 1. The molecule has 1 aliphatic rings. The summed E-state index contributed by atoms with van der Waals surface area (Å²) < 4.78 is 4.83. The van der Waals surface area contributed by atoms with Crippen LogP contribution < -0.4 is 0 Å². The Balaban J connectivity index is 2.73. The van der Waals surface area contributed by atoms with E-state index >= 15 is 0 Å². The fraction of sp³-hybridized carbons (Fsp3) is 0.625. The summed E-state index contributed by atoms with van der Waals surface area (Å²) in [6.45, 7) is 7.22. The van der Waals surface area contributed by atoms with Crippen molar-refractivity contribution in [3.05, 3.63) is 11.3 Å². The smallest absolute Gasteiger partial charge is 0.333 e. The largest absolute Gasteiger partial charge is 0.462 e. The van der Waals surface area contributed by atoms with Crippen molar-refractivity contribution < 1.29 is 9.53 Å². The molecule has 0 radical (unpaired) electrons. The monoisotopic (exact) mass is 170 g/mol. The second kappa shape index (κ2) is 2.81. The van der Waals surface area contributed by atoms with Gasteiger partial charge in [-0.2, -0.15) is 0 Å². The summed E-state index contributed by atoms with van der Waals surface area (Å²) in [5, 5.41) is 0. The zero-order chi connectivity index (χ0) is 8.48. The van der Waals surface area contributed by atoms with Crippen LogP contribution in [0.25, 0.3) is 0 Å². The van der Waals surface area contributed by atoms with Gasteiger partial charge in [0.2, 0.25) is 0 Å². The van der Waals surface area contributed by atoms with Gasteiger partial charge in [-0.3, -0.25) is 0 Å². The molecule has 1 saturated heterocycles. The van der Waals surface area contributed by atoms with E-state index in [9.17, 15) is 4.79 Å². The van der Waals surface area contributed by atoms with Crippen LogP contribution in [0.15, 0.2) is 11.3 Å². The van der Waals surface area contributed by atoms with Crippen LogP contribution in [0, 0.1) is 0 Å². The first-order chi connectivity index (χ1) is 4.99. The minimum atomic E-state index is -1.23. The van der Waals surface area contributed by atoms with Gasteiger partial charge in [-0.05, 0) is 0 Å². The molecule has 2 nitrogen and oxygen atoms in total. The van der Waals surface area contributed by atoms with Crippen molar-refractivity contribution in [1.82, 2.24) is 0 Å². The molecular formula is C8H14O2Si. The average molecular weight is 170 g/mol. The Kier molecular flexibility index (Phi) is 2.18. The molecule has 11 heavy (non-hydrogen) atoms. The average Bonchev–Trinajstić information content (AvgIpc) is 2.12. The number of hydrogen-bond donors (Lipinski definition) is 0. The van der Waals surface area contributed by atoms with Crippen molar-refractivity contribution in [2.24, 2.45) is 0 Å². The molecule has 0 aromatic carbocycles. The summed E-state index contributed by atoms with van der Waals surface area (Å²) in [6.07, 6.45) is 0.809. The summed E-state index contributed by atoms with van der Waals surface area (Å²) in [7, 11) is -1.23. The molecule has 0 spiro atoms. The Labute approximate surface area is 68.3 Å². The minimum Gasteiger partial charge on any atom is -0.462 e. The predicted molar refractivity (Wildman–Crippen MR) is 47.0 cm³/mol. The van der Waals surface area contributed by atoms with Crippen LogP contribution in [0.2, 0.25) is 19.6 Å². The van der Waals surface area contributed by atoms with Crippen molar-refractivity contribution in [3.8, 4) is 0 Å². The van der Waals surface area contributed by atoms with Crippen LogP contribution in [-0.2, 0) is 9.53 Å². The van der Waals surface area contributed by atoms with Gasteiger partial charge in [-0.15, -0.1) is 0 Å². The van der Waals surface area contributed by atoms with Crippen LogP contribution in [0.4, 0.5) is 0 Å². The Morgan fingerprint density at radius 1 is 1.45 bits per heavy atom. The maximum atomic E-state index is 11.0. The number of rotatable bonds is 1. The zero-order valence-corrected chi connectivity index (χ0v) is 8.31. The molecule has 3 heteroatoms. The van der Waals surface area contributed by atoms with Gasteiger partial charge in [0.05, 0.1) is 14.7 Å². The second-order valence-electron chi connectivity index (χ2n) is 3.92. The third-order valence-electron chi connectivity index (χ3n) is 1.47. The molecule has 0 atom stereocenters. The van der Waals surface area contributed by atoms with Crippen LogP contribution in [0.1, 0.15) is 6.42 Å². The first-order valence-corrected chi connectivity index (χ1v) is 7.46. The maximum absolute atomic E-state index is 11.0. The lowest BCUT2D eigenvalue weighted by atomic mass is 10.3. The van der Waals surface area contributed by atoms with Gasteiger partial charge in [0.1, 0.15) is 0 Å². The molecule has 0 N–H and O–H groups in total. The molecule has 62 valence electrons. The predicted octanol–water partition coefficient (Wildman–Crippen LogP) is 1.74. The number of carbonyl (C=O) groups is 1. The number of hydrogen-bond acceptors (Lipinski definition) is 2. The van der Waals surface area contributed by atoms with Crippen LogP contribution in [0.3, 0.4) is 0 Å². The third kappa shape index (κ3) is 2.50. The van der Waals surface area contributed by atoms with E-state index in [1.807, 2.05) is 0 Å². The highest BCUT2D eigenvalue weighted by Crippen LogP contribution is 2.16. The van der Waals surface area contributed by atoms with Gasteiger partial charge in [-0.25, -0.2) is 4.79 Å². The van der Waals surface area contributed by atoms with Gasteiger partial charge >= 0.3 is 5.97 Å². The lowest BCUT2D eigenvalue weighted by Crippen LogP contribution is -2.17. The highest BCUT2D eigenvalue weighted by atomic mass is 28.3. The minimum absolute atomic E-state index is 0.104. The molecule has 0 aliphatic carbocycles. The molecule has 1 fully saturated rings. The van der Waals surface area contributed by atoms with Gasteiger partial charge in [0, 0.05) is 12.0 Å². The van der Waals surface area contributed by atoms with Crippen molar-refractivity contribution in [3.63, 3.8) is 0 Å². The summed E-state index contributed by atoms with van der Waals surface area (Å²) in [5.41, 5.74) is 3.02. The van der Waals surface area contributed by atoms with Crippen molar-refractivity contribution in [1.29, 1.82) is 0 Å². The molecule has 0 bridgehead atoms. The maximum Gasteiger partial charge on any atom is 0.333 e. The van der Waals surface area contributed by atoms with E-state index in [1.165, 1.54) is 0 Å². The quantitative estimate of drug-likeness (QED) is 0.340. The molecule has 1 aliphatic heterocycles. The van der Waals surface area contributed by atoms with Crippen molar-refractivity contribution in [2.75, 3.05) is 6.61 Å². The Bertz CT molecular complexity index is 201. The van der Waals surface area contributed by atoms with Crippen molar-refractivity contribution in [2.45, 2.75) is 26.1 Å². The van der Waals surface area contributed by atoms with E-state index < -0.39 is 8.07 Å². The number of cyclic esters (lactones) is 1. The van der Waals surface area contributed by atoms with Gasteiger partial charge in [0.25, 0.3) is 0 Å². The van der Waals surface area contributed by atoms with Gasteiger partial charge in [0.15, 0.2) is 0 Å². The lowest BCUT2D eigenvalue weighted by Gasteiger charge is -2.08. The highest BCUT2D eigenvalue weighted by Gasteiger charge is 2.21. The standard InChI is InChI=1S/C8H14O2Si/c1-11(2,3)6-7-4-5-10-8(7)9/h6H,4-5H2,1-3H3/b7-6-. The van der Waals surface area contributed by atoms with E-state index in [4.69, 9.17) is 4.74 Å². The summed E-state index contributed by atoms with van der Waals surface area (Å²) in [6, 6.07) is 0. The summed E-state index contributed by atoms with van der Waals surface area (Å²) in [4.78, 5) is 11.0. The zero-order valence-electron chi connectivity index (χ0n) is 7.31. The second-order valence-corrected chi connectivity index (χ2v) is 8.94. The molecule has 0 saturated carbocycles. The summed E-state index contributed by atoms with van der Waals surface area (Å²) in [5.74, 6) is -0.104. The fourth-order valence-corrected chi connectivity index (χ4v) is 2.41. The Morgan fingerprint density at radius 3 is 2.45 bits per heavy atom. The Hall–Kier alpha value is -0.573.